The van der Waals surface area contributed by atoms with Crippen molar-refractivity contribution < 1.29 is 4.74 Å². The minimum atomic E-state index is 0.660. The number of hydrogen-bond acceptors (Lipinski definition) is 4. The Morgan fingerprint density at radius 1 is 1.15 bits per heavy atom. The third kappa shape index (κ3) is 3.43. The summed E-state index contributed by atoms with van der Waals surface area (Å²) in [5, 5.41) is 4.72. The van der Waals surface area contributed by atoms with Crippen LogP contribution in [-0.2, 0) is 12.8 Å². The molecule has 3 heterocycles. The molecule has 6 heteroatoms. The highest BCUT2D eigenvalue weighted by atomic mass is 16.5. The Kier molecular flexibility index (Phi) is 4.62. The normalized spacial score (nSPS) is 11.2. The topological polar surface area (TPSA) is 57.2 Å². The molecular formula is C21H23N5O. The van der Waals surface area contributed by atoms with Gasteiger partial charge < -0.3 is 9.30 Å². The van der Waals surface area contributed by atoms with Crippen molar-refractivity contribution in [2.75, 3.05) is 7.11 Å². The minimum Gasteiger partial charge on any atom is -0.495 e. The van der Waals surface area contributed by atoms with Gasteiger partial charge in [-0.25, -0.2) is 14.5 Å². The fourth-order valence-electron chi connectivity index (χ4n) is 3.30. The minimum absolute atomic E-state index is 0.660. The summed E-state index contributed by atoms with van der Waals surface area (Å²) < 4.78 is 9.53. The Bertz CT molecular complexity index is 1080. The predicted octanol–water partition coefficient (Wildman–Crippen LogP) is 3.78. The van der Waals surface area contributed by atoms with E-state index in [0.29, 0.717) is 6.42 Å². The van der Waals surface area contributed by atoms with Crippen molar-refractivity contribution in [2.24, 2.45) is 0 Å². The van der Waals surface area contributed by atoms with E-state index < -0.39 is 0 Å². The number of aryl methyl sites for hydroxylation is 2. The zero-order valence-electron chi connectivity index (χ0n) is 15.9. The van der Waals surface area contributed by atoms with E-state index in [0.717, 1.165) is 47.0 Å². The van der Waals surface area contributed by atoms with Crippen molar-refractivity contribution in [2.45, 2.75) is 33.1 Å². The van der Waals surface area contributed by atoms with Crippen LogP contribution in [0.15, 0.2) is 48.9 Å². The highest BCUT2D eigenvalue weighted by Gasteiger charge is 2.11. The van der Waals surface area contributed by atoms with Crippen molar-refractivity contribution in [3.8, 4) is 11.4 Å². The maximum absolute atomic E-state index is 5.60. The molecule has 0 aliphatic rings. The van der Waals surface area contributed by atoms with E-state index in [1.807, 2.05) is 46.5 Å². The first-order chi connectivity index (χ1) is 13.2. The molecular weight excluding hydrogens is 338 g/mol. The Morgan fingerprint density at radius 3 is 2.78 bits per heavy atom. The van der Waals surface area contributed by atoms with Gasteiger partial charge in [0.05, 0.1) is 24.8 Å². The number of rotatable bonds is 6. The Labute approximate surface area is 158 Å². The molecule has 0 aliphatic carbocycles. The number of aromatic nitrogens is 5. The van der Waals surface area contributed by atoms with Gasteiger partial charge in [0.2, 0.25) is 0 Å². The van der Waals surface area contributed by atoms with Crippen LogP contribution in [0.3, 0.4) is 0 Å². The summed E-state index contributed by atoms with van der Waals surface area (Å²) >= 11 is 0. The first-order valence-corrected chi connectivity index (χ1v) is 9.19. The van der Waals surface area contributed by atoms with Crippen LogP contribution in [-0.4, -0.2) is 31.3 Å². The summed E-state index contributed by atoms with van der Waals surface area (Å²) in [7, 11) is 1.69. The molecule has 0 amide bonds. The van der Waals surface area contributed by atoms with Gasteiger partial charge in [0.1, 0.15) is 5.75 Å². The highest BCUT2D eigenvalue weighted by Crippen LogP contribution is 2.25. The Morgan fingerprint density at radius 2 is 2.04 bits per heavy atom. The van der Waals surface area contributed by atoms with Gasteiger partial charge in [-0.3, -0.25) is 0 Å². The summed E-state index contributed by atoms with van der Waals surface area (Å²) in [6.07, 6.45) is 6.52. The predicted molar refractivity (Wildman–Crippen MR) is 105 cm³/mol. The zero-order chi connectivity index (χ0) is 18.8. The molecule has 27 heavy (non-hydrogen) atoms. The third-order valence-corrected chi connectivity index (χ3v) is 4.58. The lowest BCUT2D eigenvalue weighted by Crippen LogP contribution is -2.00. The molecule has 4 aromatic rings. The number of hydrogen-bond donors (Lipinski definition) is 0. The van der Waals surface area contributed by atoms with E-state index in [1.54, 1.807) is 13.4 Å². The van der Waals surface area contributed by atoms with E-state index >= 15 is 0 Å². The van der Waals surface area contributed by atoms with Gasteiger partial charge >= 0.3 is 0 Å². The Balaban J connectivity index is 1.64. The van der Waals surface area contributed by atoms with Gasteiger partial charge in [0.25, 0.3) is 0 Å². The van der Waals surface area contributed by atoms with Crippen molar-refractivity contribution in [1.29, 1.82) is 0 Å². The molecule has 4 rings (SSSR count). The van der Waals surface area contributed by atoms with E-state index in [-0.39, 0.29) is 0 Å². The molecule has 0 N–H and O–H groups in total. The summed E-state index contributed by atoms with van der Waals surface area (Å²) in [6.45, 7) is 4.14. The van der Waals surface area contributed by atoms with E-state index in [9.17, 15) is 0 Å². The lowest BCUT2D eigenvalue weighted by molar-refractivity contribution is 0.412. The SMILES string of the molecule is CCCc1cccc2nc(Cc3ccc(-n4cnc(C)c4)c(OC)c3)nn12. The maximum Gasteiger partial charge on any atom is 0.156 e. The maximum atomic E-state index is 5.60. The second kappa shape index (κ2) is 7.23. The first kappa shape index (κ1) is 17.3. The quantitative estimate of drug-likeness (QED) is 0.524. The van der Waals surface area contributed by atoms with Crippen LogP contribution >= 0.6 is 0 Å². The lowest BCUT2D eigenvalue weighted by atomic mass is 10.1. The van der Waals surface area contributed by atoms with Gasteiger partial charge in [0, 0.05) is 18.3 Å². The van der Waals surface area contributed by atoms with E-state index in [4.69, 9.17) is 9.84 Å². The molecule has 0 fully saturated rings. The van der Waals surface area contributed by atoms with Crippen LogP contribution in [0, 0.1) is 6.92 Å². The molecule has 0 atom stereocenters. The first-order valence-electron chi connectivity index (χ1n) is 9.19. The van der Waals surface area contributed by atoms with Crippen molar-refractivity contribution >= 4 is 5.65 Å². The van der Waals surface area contributed by atoms with Gasteiger partial charge in [-0.15, -0.1) is 0 Å². The summed E-state index contributed by atoms with van der Waals surface area (Å²) in [6, 6.07) is 12.3. The van der Waals surface area contributed by atoms with Crippen molar-refractivity contribution in [1.82, 2.24) is 24.1 Å². The van der Waals surface area contributed by atoms with Gasteiger partial charge in [0.15, 0.2) is 11.5 Å². The molecule has 0 spiro atoms. The van der Waals surface area contributed by atoms with E-state index in [2.05, 4.69) is 29.0 Å². The largest absolute Gasteiger partial charge is 0.495 e. The fraction of sp³-hybridized carbons (Fsp3) is 0.286. The van der Waals surface area contributed by atoms with Crippen LogP contribution in [0.2, 0.25) is 0 Å². The van der Waals surface area contributed by atoms with Crippen LogP contribution in [0.25, 0.3) is 11.3 Å². The zero-order valence-corrected chi connectivity index (χ0v) is 15.9. The number of benzene rings is 1. The summed E-state index contributed by atoms with van der Waals surface area (Å²) in [4.78, 5) is 8.98. The molecule has 0 unspecified atom stereocenters. The lowest BCUT2D eigenvalue weighted by Gasteiger charge is -2.10. The Hall–Kier alpha value is -3.15. The van der Waals surface area contributed by atoms with Crippen molar-refractivity contribution in [3.63, 3.8) is 0 Å². The number of fused-ring (bicyclic) bond motifs is 1. The molecule has 0 aliphatic heterocycles. The number of methoxy groups -OCH3 is 1. The van der Waals surface area contributed by atoms with Crippen molar-refractivity contribution in [3.05, 3.63) is 71.7 Å². The molecule has 0 bridgehead atoms. The molecule has 0 saturated carbocycles. The number of nitrogens with zero attached hydrogens (tertiary/aromatic N) is 5. The molecule has 6 nitrogen and oxygen atoms in total. The molecule has 1 aromatic carbocycles. The van der Waals surface area contributed by atoms with Crippen LogP contribution in [0.5, 0.6) is 5.75 Å². The smallest absolute Gasteiger partial charge is 0.156 e. The molecule has 138 valence electrons. The molecule has 0 saturated heterocycles. The highest BCUT2D eigenvalue weighted by molar-refractivity contribution is 5.50. The standard InChI is InChI=1S/C21H23N5O/c1-4-6-17-7-5-8-21-23-20(24-26(17)21)12-16-9-10-18(19(11-16)27-3)25-13-15(2)22-14-25/h5,7-11,13-14H,4,6,12H2,1-3H3. The summed E-state index contributed by atoms with van der Waals surface area (Å²) in [5.41, 5.74) is 5.14. The van der Waals surface area contributed by atoms with Crippen LogP contribution in [0.1, 0.15) is 36.1 Å². The average Bonchev–Trinajstić information content (AvgIpc) is 3.28. The third-order valence-electron chi connectivity index (χ3n) is 4.58. The molecule has 0 radical (unpaired) electrons. The number of pyridine rings is 1. The van der Waals surface area contributed by atoms with Gasteiger partial charge in [-0.1, -0.05) is 25.5 Å². The van der Waals surface area contributed by atoms with Crippen LogP contribution < -0.4 is 4.74 Å². The summed E-state index contributed by atoms with van der Waals surface area (Å²) in [5.74, 6) is 1.62. The second-order valence-electron chi connectivity index (χ2n) is 6.67. The fourth-order valence-corrected chi connectivity index (χ4v) is 3.30. The van der Waals surface area contributed by atoms with E-state index in [1.165, 1.54) is 5.69 Å². The second-order valence-corrected chi connectivity index (χ2v) is 6.67. The van der Waals surface area contributed by atoms with Crippen LogP contribution in [0.4, 0.5) is 0 Å². The number of ether oxygens (including phenoxy) is 1. The van der Waals surface area contributed by atoms with Gasteiger partial charge in [-0.2, -0.15) is 5.10 Å². The monoisotopic (exact) mass is 361 g/mol. The number of imidazole rings is 1. The molecule has 3 aromatic heterocycles. The average molecular weight is 361 g/mol. The van der Waals surface area contributed by atoms with Gasteiger partial charge in [-0.05, 0) is 43.2 Å².